The quantitative estimate of drug-likeness (QED) is 0.539. The van der Waals surface area contributed by atoms with Crippen molar-refractivity contribution in [1.29, 1.82) is 0 Å². The Bertz CT molecular complexity index is 1100. The number of H-pyrrole nitrogens is 1. The van der Waals surface area contributed by atoms with E-state index in [1.54, 1.807) is 13.3 Å². The van der Waals surface area contributed by atoms with Gasteiger partial charge in [0.05, 0.1) is 17.8 Å². The summed E-state index contributed by atoms with van der Waals surface area (Å²) >= 11 is 0. The Morgan fingerprint density at radius 3 is 2.96 bits per heavy atom. The number of rotatable bonds is 6. The lowest BCUT2D eigenvalue weighted by Crippen LogP contribution is -2.16. The largest absolute Gasteiger partial charge is 0.474 e. The molecule has 0 aliphatic carbocycles. The topological polar surface area (TPSA) is 85.0 Å². The Labute approximate surface area is 154 Å². The van der Waals surface area contributed by atoms with E-state index in [0.717, 1.165) is 16.5 Å². The predicted molar refractivity (Wildman–Crippen MR) is 101 cm³/mol. The van der Waals surface area contributed by atoms with E-state index in [1.807, 2.05) is 31.2 Å². The molecule has 3 heterocycles. The first-order chi connectivity index (χ1) is 13.1. The predicted octanol–water partition coefficient (Wildman–Crippen LogP) is 3.80. The third-order valence-electron chi connectivity index (χ3n) is 4.21. The number of anilines is 2. The zero-order chi connectivity index (χ0) is 18.8. The Morgan fingerprint density at radius 2 is 2.11 bits per heavy atom. The zero-order valence-electron chi connectivity index (χ0n) is 14.9. The Balaban J connectivity index is 1.61. The molecule has 0 aliphatic heterocycles. The SMILES string of the molecule is CO[C@H](C)COc1nccc2cc(Nc3n[nH]c4cc(F)cnc34)ccc12. The van der Waals surface area contributed by atoms with Crippen LogP contribution in [0.15, 0.2) is 42.7 Å². The Morgan fingerprint density at radius 1 is 1.22 bits per heavy atom. The maximum absolute atomic E-state index is 13.3. The maximum Gasteiger partial charge on any atom is 0.221 e. The fourth-order valence-corrected chi connectivity index (χ4v) is 2.71. The normalized spacial score (nSPS) is 12.4. The van der Waals surface area contributed by atoms with Crippen LogP contribution in [0.25, 0.3) is 21.8 Å². The highest BCUT2D eigenvalue weighted by atomic mass is 19.1. The van der Waals surface area contributed by atoms with Gasteiger partial charge in [-0.25, -0.2) is 14.4 Å². The van der Waals surface area contributed by atoms with Crippen molar-refractivity contribution in [3.63, 3.8) is 0 Å². The van der Waals surface area contributed by atoms with Gasteiger partial charge in [0.25, 0.3) is 0 Å². The molecule has 0 saturated heterocycles. The van der Waals surface area contributed by atoms with Gasteiger partial charge in [-0.1, -0.05) is 0 Å². The highest BCUT2D eigenvalue weighted by Crippen LogP contribution is 2.28. The average Bonchev–Trinajstić information content (AvgIpc) is 3.07. The summed E-state index contributed by atoms with van der Waals surface area (Å²) in [6.07, 6.45) is 2.85. The average molecular weight is 367 g/mol. The van der Waals surface area contributed by atoms with Crippen LogP contribution >= 0.6 is 0 Å². The van der Waals surface area contributed by atoms with E-state index in [-0.39, 0.29) is 6.10 Å². The van der Waals surface area contributed by atoms with Gasteiger partial charge in [-0.3, -0.25) is 5.10 Å². The summed E-state index contributed by atoms with van der Waals surface area (Å²) < 4.78 is 24.2. The molecule has 0 fully saturated rings. The summed E-state index contributed by atoms with van der Waals surface area (Å²) in [6.45, 7) is 2.35. The van der Waals surface area contributed by atoms with Gasteiger partial charge in [0.2, 0.25) is 5.88 Å². The molecule has 0 bridgehead atoms. The third kappa shape index (κ3) is 3.52. The van der Waals surface area contributed by atoms with E-state index in [1.165, 1.54) is 12.3 Å². The number of ether oxygens (including phenoxy) is 2. The minimum atomic E-state index is -0.411. The van der Waals surface area contributed by atoms with Crippen molar-refractivity contribution in [2.75, 3.05) is 19.0 Å². The smallest absolute Gasteiger partial charge is 0.221 e. The number of pyridine rings is 2. The summed E-state index contributed by atoms with van der Waals surface area (Å²) in [6, 6.07) is 9.06. The van der Waals surface area contributed by atoms with Crippen LogP contribution in [-0.2, 0) is 4.74 Å². The minimum absolute atomic E-state index is 0.0201. The molecular weight excluding hydrogens is 349 g/mol. The maximum atomic E-state index is 13.3. The molecule has 0 amide bonds. The summed E-state index contributed by atoms with van der Waals surface area (Å²) in [4.78, 5) is 8.40. The van der Waals surface area contributed by atoms with Crippen molar-refractivity contribution < 1.29 is 13.9 Å². The second-order valence-corrected chi connectivity index (χ2v) is 6.16. The number of nitrogens with one attached hydrogen (secondary N) is 2. The first-order valence-electron chi connectivity index (χ1n) is 8.45. The number of aromatic nitrogens is 4. The van der Waals surface area contributed by atoms with Crippen LogP contribution in [0.5, 0.6) is 5.88 Å². The fourth-order valence-electron chi connectivity index (χ4n) is 2.71. The molecule has 138 valence electrons. The van der Waals surface area contributed by atoms with E-state index in [2.05, 4.69) is 25.5 Å². The molecule has 0 unspecified atom stereocenters. The van der Waals surface area contributed by atoms with Crippen molar-refractivity contribution in [3.05, 3.63) is 48.5 Å². The van der Waals surface area contributed by atoms with Crippen LogP contribution in [0, 0.1) is 5.82 Å². The molecule has 0 saturated carbocycles. The van der Waals surface area contributed by atoms with Crippen LogP contribution in [0.2, 0.25) is 0 Å². The van der Waals surface area contributed by atoms with E-state index in [9.17, 15) is 4.39 Å². The van der Waals surface area contributed by atoms with Crippen LogP contribution in [0.1, 0.15) is 6.92 Å². The van der Waals surface area contributed by atoms with Crippen molar-refractivity contribution in [2.45, 2.75) is 13.0 Å². The number of nitrogens with zero attached hydrogens (tertiary/aromatic N) is 3. The molecule has 8 heteroatoms. The number of aromatic amines is 1. The second kappa shape index (κ2) is 7.16. The van der Waals surface area contributed by atoms with Gasteiger partial charge >= 0.3 is 0 Å². The van der Waals surface area contributed by atoms with E-state index >= 15 is 0 Å². The van der Waals surface area contributed by atoms with Gasteiger partial charge in [0, 0.05) is 30.4 Å². The molecule has 1 aromatic carbocycles. The number of fused-ring (bicyclic) bond motifs is 2. The van der Waals surface area contributed by atoms with Crippen molar-refractivity contribution in [2.24, 2.45) is 0 Å². The third-order valence-corrected chi connectivity index (χ3v) is 4.21. The minimum Gasteiger partial charge on any atom is -0.474 e. The highest BCUT2D eigenvalue weighted by molar-refractivity contribution is 5.92. The first kappa shape index (κ1) is 17.2. The molecule has 7 nitrogen and oxygen atoms in total. The molecule has 0 aliphatic rings. The van der Waals surface area contributed by atoms with Gasteiger partial charge in [-0.2, -0.15) is 5.10 Å². The van der Waals surface area contributed by atoms with Gasteiger partial charge in [-0.15, -0.1) is 0 Å². The second-order valence-electron chi connectivity index (χ2n) is 6.16. The Hall–Kier alpha value is -3.26. The number of hydrogen-bond donors (Lipinski definition) is 2. The monoisotopic (exact) mass is 367 g/mol. The lowest BCUT2D eigenvalue weighted by atomic mass is 10.1. The Kier molecular flexibility index (Phi) is 4.55. The molecule has 0 radical (unpaired) electrons. The van der Waals surface area contributed by atoms with Gasteiger partial charge in [0.15, 0.2) is 5.82 Å². The molecule has 2 N–H and O–H groups in total. The van der Waals surface area contributed by atoms with Crippen molar-refractivity contribution in [3.8, 4) is 5.88 Å². The number of methoxy groups -OCH3 is 1. The van der Waals surface area contributed by atoms with Gasteiger partial charge in [-0.05, 0) is 36.6 Å². The van der Waals surface area contributed by atoms with Gasteiger partial charge < -0.3 is 14.8 Å². The van der Waals surface area contributed by atoms with Crippen LogP contribution < -0.4 is 10.1 Å². The molecule has 4 aromatic rings. The fraction of sp³-hybridized carbons (Fsp3) is 0.211. The van der Waals surface area contributed by atoms with Gasteiger partial charge in [0.1, 0.15) is 17.9 Å². The van der Waals surface area contributed by atoms with E-state index in [4.69, 9.17) is 9.47 Å². The van der Waals surface area contributed by atoms with Crippen molar-refractivity contribution >= 4 is 33.3 Å². The van der Waals surface area contributed by atoms with Crippen LogP contribution in [0.3, 0.4) is 0 Å². The number of hydrogen-bond acceptors (Lipinski definition) is 6. The van der Waals surface area contributed by atoms with Crippen LogP contribution in [0.4, 0.5) is 15.9 Å². The van der Waals surface area contributed by atoms with Crippen LogP contribution in [-0.4, -0.2) is 40.0 Å². The number of halogens is 1. The molecule has 27 heavy (non-hydrogen) atoms. The summed E-state index contributed by atoms with van der Waals surface area (Å²) in [7, 11) is 1.64. The molecule has 0 spiro atoms. The number of benzene rings is 1. The summed E-state index contributed by atoms with van der Waals surface area (Å²) in [5.74, 6) is 0.681. The molecule has 4 rings (SSSR count). The lowest BCUT2D eigenvalue weighted by molar-refractivity contribution is 0.0706. The molecular formula is C19H18FN5O2. The zero-order valence-corrected chi connectivity index (χ0v) is 14.9. The van der Waals surface area contributed by atoms with Crippen molar-refractivity contribution in [1.82, 2.24) is 20.2 Å². The lowest BCUT2D eigenvalue weighted by Gasteiger charge is -2.13. The molecule has 3 aromatic heterocycles. The van der Waals surface area contributed by atoms with E-state index in [0.29, 0.717) is 29.3 Å². The molecule has 1 atom stereocenters. The highest BCUT2D eigenvalue weighted by Gasteiger charge is 2.10. The summed E-state index contributed by atoms with van der Waals surface area (Å²) in [5, 5.41) is 12.0. The standard InChI is InChI=1S/C19H18FN5O2/c1-11(26-2)10-27-19-15-4-3-14(7-12(15)5-6-21-19)23-18-17-16(24-25-18)8-13(20)9-22-17/h3-9,11H,10H2,1-2H3,(H2,23,24,25)/t11-/m1/s1. The van der Waals surface area contributed by atoms with E-state index < -0.39 is 5.82 Å². The first-order valence-corrected chi connectivity index (χ1v) is 8.45. The summed E-state index contributed by atoms with van der Waals surface area (Å²) in [5.41, 5.74) is 1.93.